The SMILES string of the molecule is Cc1nc(Cc2ccccc2)sc1C(=O)NCc1cccnc1OC1CCCC1. The van der Waals surface area contributed by atoms with E-state index < -0.39 is 0 Å². The number of benzene rings is 1. The summed E-state index contributed by atoms with van der Waals surface area (Å²) in [4.78, 5) is 22.4. The van der Waals surface area contributed by atoms with E-state index in [1.165, 1.54) is 29.7 Å². The summed E-state index contributed by atoms with van der Waals surface area (Å²) in [5, 5.41) is 3.96. The minimum Gasteiger partial charge on any atom is -0.474 e. The average Bonchev–Trinajstić information content (AvgIpc) is 3.37. The van der Waals surface area contributed by atoms with E-state index in [0.717, 1.165) is 35.5 Å². The molecule has 5 nitrogen and oxygen atoms in total. The van der Waals surface area contributed by atoms with Gasteiger partial charge < -0.3 is 10.1 Å². The maximum atomic E-state index is 12.8. The summed E-state index contributed by atoms with van der Waals surface area (Å²) in [7, 11) is 0. The number of pyridine rings is 1. The summed E-state index contributed by atoms with van der Waals surface area (Å²) in [5.74, 6) is 0.528. The molecule has 0 radical (unpaired) electrons. The second-order valence-corrected chi connectivity index (χ2v) is 8.44. The summed E-state index contributed by atoms with van der Waals surface area (Å²) in [6.07, 6.45) is 7.28. The van der Waals surface area contributed by atoms with Crippen molar-refractivity contribution in [3.63, 3.8) is 0 Å². The molecule has 0 spiro atoms. The first-order chi connectivity index (χ1) is 14.2. The Kier molecular flexibility index (Phi) is 6.20. The van der Waals surface area contributed by atoms with Crippen LogP contribution in [-0.2, 0) is 13.0 Å². The number of aromatic nitrogens is 2. The molecule has 1 aliphatic carbocycles. The molecule has 1 aromatic carbocycles. The van der Waals surface area contributed by atoms with E-state index in [0.29, 0.717) is 17.3 Å². The average molecular weight is 408 g/mol. The molecule has 0 saturated heterocycles. The van der Waals surface area contributed by atoms with Crippen LogP contribution in [0.4, 0.5) is 0 Å². The molecule has 29 heavy (non-hydrogen) atoms. The van der Waals surface area contributed by atoms with E-state index in [4.69, 9.17) is 4.74 Å². The highest BCUT2D eigenvalue weighted by Gasteiger charge is 2.20. The Morgan fingerprint density at radius 1 is 1.17 bits per heavy atom. The van der Waals surface area contributed by atoms with Gasteiger partial charge in [-0.25, -0.2) is 9.97 Å². The third-order valence-corrected chi connectivity index (χ3v) is 6.27. The molecule has 1 saturated carbocycles. The van der Waals surface area contributed by atoms with Crippen LogP contribution in [-0.4, -0.2) is 22.0 Å². The highest BCUT2D eigenvalue weighted by molar-refractivity contribution is 7.13. The van der Waals surface area contributed by atoms with Crippen molar-refractivity contribution >= 4 is 17.2 Å². The van der Waals surface area contributed by atoms with Crippen LogP contribution in [0.15, 0.2) is 48.7 Å². The van der Waals surface area contributed by atoms with Gasteiger partial charge in [-0.2, -0.15) is 0 Å². The van der Waals surface area contributed by atoms with Crippen molar-refractivity contribution in [1.29, 1.82) is 0 Å². The van der Waals surface area contributed by atoms with E-state index in [9.17, 15) is 4.79 Å². The van der Waals surface area contributed by atoms with Gasteiger partial charge in [-0.15, -0.1) is 11.3 Å². The van der Waals surface area contributed by atoms with Crippen LogP contribution in [0.5, 0.6) is 5.88 Å². The predicted molar refractivity (Wildman–Crippen MR) is 114 cm³/mol. The summed E-state index contributed by atoms with van der Waals surface area (Å²) in [6, 6.07) is 14.0. The number of aryl methyl sites for hydroxylation is 1. The van der Waals surface area contributed by atoms with Crippen LogP contribution in [0.2, 0.25) is 0 Å². The Morgan fingerprint density at radius 3 is 2.76 bits per heavy atom. The van der Waals surface area contributed by atoms with Crippen molar-refractivity contribution in [3.05, 3.63) is 75.4 Å². The van der Waals surface area contributed by atoms with E-state index in [1.807, 2.05) is 37.3 Å². The summed E-state index contributed by atoms with van der Waals surface area (Å²) in [5.41, 5.74) is 2.86. The first-order valence-corrected chi connectivity index (χ1v) is 10.9. The summed E-state index contributed by atoms with van der Waals surface area (Å²) >= 11 is 1.46. The fourth-order valence-electron chi connectivity index (χ4n) is 3.59. The lowest BCUT2D eigenvalue weighted by Gasteiger charge is -2.15. The molecule has 2 heterocycles. The molecule has 0 unspecified atom stereocenters. The second kappa shape index (κ2) is 9.18. The smallest absolute Gasteiger partial charge is 0.263 e. The lowest BCUT2D eigenvalue weighted by molar-refractivity contribution is 0.0953. The van der Waals surface area contributed by atoms with Gasteiger partial charge in [-0.05, 0) is 44.2 Å². The molecule has 6 heteroatoms. The normalized spacial score (nSPS) is 14.1. The highest BCUT2D eigenvalue weighted by atomic mass is 32.1. The van der Waals surface area contributed by atoms with E-state index >= 15 is 0 Å². The quantitative estimate of drug-likeness (QED) is 0.617. The van der Waals surface area contributed by atoms with Gasteiger partial charge in [-0.3, -0.25) is 4.79 Å². The van der Waals surface area contributed by atoms with Crippen molar-refractivity contribution < 1.29 is 9.53 Å². The molecular weight excluding hydrogens is 382 g/mol. The zero-order valence-corrected chi connectivity index (χ0v) is 17.4. The number of hydrogen-bond donors (Lipinski definition) is 1. The fraction of sp³-hybridized carbons (Fsp3) is 0.348. The number of rotatable bonds is 7. The Balaban J connectivity index is 1.40. The van der Waals surface area contributed by atoms with E-state index in [2.05, 4.69) is 27.4 Å². The maximum absolute atomic E-state index is 12.8. The van der Waals surface area contributed by atoms with Crippen molar-refractivity contribution in [2.24, 2.45) is 0 Å². The molecule has 1 amide bonds. The number of thiazole rings is 1. The first-order valence-electron chi connectivity index (χ1n) is 10.1. The Labute approximate surface area is 175 Å². The number of nitrogens with one attached hydrogen (secondary N) is 1. The molecule has 3 aromatic rings. The van der Waals surface area contributed by atoms with Crippen LogP contribution >= 0.6 is 11.3 Å². The molecule has 150 valence electrons. The molecule has 0 bridgehead atoms. The molecule has 1 N–H and O–H groups in total. The third kappa shape index (κ3) is 5.01. The fourth-order valence-corrected chi connectivity index (χ4v) is 4.61. The van der Waals surface area contributed by atoms with Crippen molar-refractivity contribution in [2.45, 2.75) is 51.7 Å². The Bertz CT molecular complexity index is 965. The summed E-state index contributed by atoms with van der Waals surface area (Å²) in [6.45, 7) is 2.28. The molecule has 1 fully saturated rings. The van der Waals surface area contributed by atoms with Gasteiger partial charge in [0.1, 0.15) is 11.0 Å². The monoisotopic (exact) mass is 407 g/mol. The highest BCUT2D eigenvalue weighted by Crippen LogP contribution is 2.25. The summed E-state index contributed by atoms with van der Waals surface area (Å²) < 4.78 is 6.07. The number of ether oxygens (including phenoxy) is 1. The maximum Gasteiger partial charge on any atom is 0.263 e. The van der Waals surface area contributed by atoms with Gasteiger partial charge in [0, 0.05) is 24.7 Å². The zero-order chi connectivity index (χ0) is 20.1. The van der Waals surface area contributed by atoms with Gasteiger partial charge in [0.2, 0.25) is 5.88 Å². The van der Waals surface area contributed by atoms with Gasteiger partial charge in [0.05, 0.1) is 10.7 Å². The number of amides is 1. The Morgan fingerprint density at radius 2 is 1.97 bits per heavy atom. The number of nitrogens with zero attached hydrogens (tertiary/aromatic N) is 2. The molecule has 1 aliphatic rings. The van der Waals surface area contributed by atoms with Crippen molar-refractivity contribution in [3.8, 4) is 5.88 Å². The lowest BCUT2D eigenvalue weighted by atomic mass is 10.2. The molecule has 4 rings (SSSR count). The number of hydrogen-bond acceptors (Lipinski definition) is 5. The zero-order valence-electron chi connectivity index (χ0n) is 16.6. The van der Waals surface area contributed by atoms with Crippen LogP contribution < -0.4 is 10.1 Å². The lowest BCUT2D eigenvalue weighted by Crippen LogP contribution is -2.23. The van der Waals surface area contributed by atoms with Gasteiger partial charge >= 0.3 is 0 Å². The molecule has 0 atom stereocenters. The van der Waals surface area contributed by atoms with Crippen LogP contribution in [0.1, 0.15) is 57.2 Å². The second-order valence-electron chi connectivity index (χ2n) is 7.36. The van der Waals surface area contributed by atoms with Crippen molar-refractivity contribution in [2.75, 3.05) is 0 Å². The minimum atomic E-state index is -0.102. The number of carbonyl (C=O) groups is 1. The van der Waals surface area contributed by atoms with Gasteiger partial charge in [0.25, 0.3) is 5.91 Å². The topological polar surface area (TPSA) is 64.1 Å². The van der Waals surface area contributed by atoms with Gasteiger partial charge in [0.15, 0.2) is 0 Å². The predicted octanol–water partition coefficient (Wildman–Crippen LogP) is 4.69. The van der Waals surface area contributed by atoms with Gasteiger partial charge in [-0.1, -0.05) is 36.4 Å². The minimum absolute atomic E-state index is 0.102. The van der Waals surface area contributed by atoms with Crippen LogP contribution in [0.3, 0.4) is 0 Å². The molecular formula is C23H25N3O2S. The van der Waals surface area contributed by atoms with Crippen molar-refractivity contribution in [1.82, 2.24) is 15.3 Å². The Hall–Kier alpha value is -2.73. The molecule has 2 aromatic heterocycles. The van der Waals surface area contributed by atoms with Crippen LogP contribution in [0, 0.1) is 6.92 Å². The van der Waals surface area contributed by atoms with E-state index in [-0.39, 0.29) is 12.0 Å². The third-order valence-electron chi connectivity index (χ3n) is 5.12. The van der Waals surface area contributed by atoms with E-state index in [1.54, 1.807) is 6.20 Å². The van der Waals surface area contributed by atoms with Crippen LogP contribution in [0.25, 0.3) is 0 Å². The molecule has 0 aliphatic heterocycles. The first kappa shape index (κ1) is 19.6. The largest absolute Gasteiger partial charge is 0.474 e. The standard InChI is InChI=1S/C23H25N3O2S/c1-16-21(29-20(26-16)14-17-8-3-2-4-9-17)22(27)25-15-18-10-7-13-24-23(18)28-19-11-5-6-12-19/h2-4,7-10,13,19H,5-6,11-12,14-15H2,1H3,(H,25,27). The number of carbonyl (C=O) groups excluding carboxylic acids is 1.